The van der Waals surface area contributed by atoms with Crippen LogP contribution in [-0.4, -0.2) is 157 Å². The second-order valence-corrected chi connectivity index (χ2v) is 29.3. The number of carbonyl (C=O) groups is 7. The first-order valence-electron chi connectivity index (χ1n) is 39.1. The van der Waals surface area contributed by atoms with E-state index in [-0.39, 0.29) is 63.5 Å². The number of carbonyl (C=O) groups excluding carboxylic acids is 4. The minimum absolute atomic E-state index is 0.00791. The molecule has 1 aliphatic heterocycles. The molecule has 3 atom stereocenters. The Kier molecular flexibility index (Phi) is 50.7. The SMILES string of the molecule is CCCCCCCCCCCCCCCCCCC1(CCCCCCCCCCCCCCCCCC)OCC(CCN(C)CCCCCC(=O)NCC(C)(C)OCC(C)(C)OCCNC(=O)c2ccc(C(=O)NCCCCC(NC(=O)NC(CCC(=O)O)C(=O)O)C(=O)O)cc2)O1. The molecular weight excluding hydrogens is 1240 g/mol. The number of nitrogens with zero attached hydrogens (tertiary/aromatic N) is 1. The molecule has 0 aliphatic carbocycles. The largest absolute Gasteiger partial charge is 0.481 e. The van der Waals surface area contributed by atoms with Gasteiger partial charge in [0.15, 0.2) is 5.79 Å². The highest BCUT2D eigenvalue weighted by Crippen LogP contribution is 2.36. The van der Waals surface area contributed by atoms with Gasteiger partial charge in [-0.15, -0.1) is 0 Å². The lowest BCUT2D eigenvalue weighted by Gasteiger charge is -2.32. The molecule has 98 heavy (non-hydrogen) atoms. The number of carboxylic acids is 3. The number of carboxylic acid groups (broad SMARTS) is 3. The quantitative estimate of drug-likeness (QED) is 0.0282. The Balaban J connectivity index is 1.64. The molecule has 0 aromatic heterocycles. The van der Waals surface area contributed by atoms with Gasteiger partial charge in [-0.1, -0.05) is 213 Å². The fourth-order valence-corrected chi connectivity index (χ4v) is 12.5. The van der Waals surface area contributed by atoms with Gasteiger partial charge in [-0.2, -0.15) is 0 Å². The lowest BCUT2D eigenvalue weighted by molar-refractivity contribution is -0.180. The molecule has 3 unspecified atom stereocenters. The number of ether oxygens (including phenoxy) is 4. The molecule has 20 heteroatoms. The first kappa shape index (κ1) is 89.2. The molecule has 0 bridgehead atoms. The zero-order valence-electron chi connectivity index (χ0n) is 62.6. The monoisotopic (exact) mass is 1390 g/mol. The highest BCUT2D eigenvalue weighted by Gasteiger charge is 2.40. The van der Waals surface area contributed by atoms with Crippen molar-refractivity contribution in [1.82, 2.24) is 31.5 Å². The third kappa shape index (κ3) is 47.3. The van der Waals surface area contributed by atoms with E-state index in [9.17, 15) is 43.8 Å². The highest BCUT2D eigenvalue weighted by atomic mass is 16.7. The molecule has 1 aromatic carbocycles. The van der Waals surface area contributed by atoms with Gasteiger partial charge in [0.25, 0.3) is 11.8 Å². The van der Waals surface area contributed by atoms with Crippen LogP contribution in [0.5, 0.6) is 0 Å². The molecule has 5 amide bonds. The zero-order chi connectivity index (χ0) is 72.0. The maximum Gasteiger partial charge on any atom is 0.326 e. The van der Waals surface area contributed by atoms with Crippen LogP contribution in [0.2, 0.25) is 0 Å². The Hall–Kier alpha value is -4.89. The van der Waals surface area contributed by atoms with E-state index in [0.717, 1.165) is 51.6 Å². The van der Waals surface area contributed by atoms with Crippen LogP contribution < -0.4 is 26.6 Å². The smallest absolute Gasteiger partial charge is 0.326 e. The molecule has 1 fully saturated rings. The van der Waals surface area contributed by atoms with Crippen LogP contribution in [0, 0.1) is 0 Å². The summed E-state index contributed by atoms with van der Waals surface area (Å²) in [6.07, 6.45) is 50.0. The van der Waals surface area contributed by atoms with E-state index in [1.165, 1.54) is 230 Å². The summed E-state index contributed by atoms with van der Waals surface area (Å²) >= 11 is 0. The van der Waals surface area contributed by atoms with Crippen LogP contribution in [0.1, 0.15) is 345 Å². The van der Waals surface area contributed by atoms with Gasteiger partial charge in [0.1, 0.15) is 12.1 Å². The maximum absolute atomic E-state index is 12.9. The van der Waals surface area contributed by atoms with Crippen molar-refractivity contribution in [2.45, 2.75) is 359 Å². The molecule has 1 heterocycles. The van der Waals surface area contributed by atoms with Crippen LogP contribution in [0.4, 0.5) is 4.79 Å². The van der Waals surface area contributed by atoms with Gasteiger partial charge in [0, 0.05) is 63.0 Å². The van der Waals surface area contributed by atoms with Crippen molar-refractivity contribution in [3.05, 3.63) is 35.4 Å². The first-order chi connectivity index (χ1) is 47.1. The highest BCUT2D eigenvalue weighted by molar-refractivity contribution is 5.97. The van der Waals surface area contributed by atoms with Crippen LogP contribution in [0.25, 0.3) is 0 Å². The minimum atomic E-state index is -1.51. The van der Waals surface area contributed by atoms with Crippen molar-refractivity contribution in [2.24, 2.45) is 0 Å². The Bertz CT molecular complexity index is 2230. The van der Waals surface area contributed by atoms with Gasteiger partial charge in [-0.25, -0.2) is 14.4 Å². The summed E-state index contributed by atoms with van der Waals surface area (Å²) in [7, 11) is 2.19. The van der Waals surface area contributed by atoms with E-state index in [4.69, 9.17) is 24.1 Å². The van der Waals surface area contributed by atoms with Gasteiger partial charge >= 0.3 is 23.9 Å². The topological polar surface area (TPSA) is 280 Å². The molecule has 566 valence electrons. The summed E-state index contributed by atoms with van der Waals surface area (Å²) in [5.74, 6) is -5.20. The average molecular weight is 1390 g/mol. The molecule has 0 spiro atoms. The van der Waals surface area contributed by atoms with E-state index in [1.54, 1.807) is 0 Å². The lowest BCUT2D eigenvalue weighted by atomic mass is 9.98. The minimum Gasteiger partial charge on any atom is -0.481 e. The van der Waals surface area contributed by atoms with E-state index in [0.29, 0.717) is 37.1 Å². The van der Waals surface area contributed by atoms with Crippen molar-refractivity contribution in [3.8, 4) is 0 Å². The van der Waals surface area contributed by atoms with Crippen molar-refractivity contribution in [1.29, 1.82) is 0 Å². The predicted molar refractivity (Wildman–Crippen MR) is 392 cm³/mol. The Morgan fingerprint density at radius 1 is 0.510 bits per heavy atom. The number of urea groups is 1. The average Bonchev–Trinajstić information content (AvgIpc) is 1.67. The van der Waals surface area contributed by atoms with Gasteiger partial charge in [-0.05, 0) is 123 Å². The predicted octanol–water partition coefficient (Wildman–Crippen LogP) is 16.4. The normalized spacial score (nSPS) is 14.5. The number of aliphatic carboxylic acids is 3. The van der Waals surface area contributed by atoms with E-state index in [1.807, 2.05) is 27.7 Å². The van der Waals surface area contributed by atoms with Crippen LogP contribution in [0.15, 0.2) is 24.3 Å². The lowest BCUT2D eigenvalue weighted by Crippen LogP contribution is -2.51. The molecule has 20 nitrogen and oxygen atoms in total. The summed E-state index contributed by atoms with van der Waals surface area (Å²) in [6, 6.07) is 2.18. The second kappa shape index (κ2) is 55.8. The molecule has 1 aromatic rings. The number of unbranched alkanes of at least 4 members (excludes halogenated alkanes) is 33. The van der Waals surface area contributed by atoms with Crippen molar-refractivity contribution in [2.75, 3.05) is 59.6 Å². The van der Waals surface area contributed by atoms with Crippen LogP contribution in [-0.2, 0) is 38.1 Å². The first-order valence-corrected chi connectivity index (χ1v) is 39.1. The number of hydrogen-bond acceptors (Lipinski definition) is 12. The van der Waals surface area contributed by atoms with E-state index in [2.05, 4.69) is 52.4 Å². The van der Waals surface area contributed by atoms with Crippen molar-refractivity contribution >= 4 is 41.7 Å². The fourth-order valence-electron chi connectivity index (χ4n) is 12.5. The third-order valence-corrected chi connectivity index (χ3v) is 18.9. The maximum atomic E-state index is 12.9. The van der Waals surface area contributed by atoms with Gasteiger partial charge < -0.3 is 65.8 Å². The van der Waals surface area contributed by atoms with E-state index < -0.39 is 65.3 Å². The van der Waals surface area contributed by atoms with Crippen molar-refractivity contribution in [3.63, 3.8) is 0 Å². The number of hydrogen-bond donors (Lipinski definition) is 8. The Labute approximate surface area is 592 Å². The molecule has 1 saturated heterocycles. The molecular formula is C78H140N6O14. The van der Waals surface area contributed by atoms with Crippen LogP contribution in [0.3, 0.4) is 0 Å². The van der Waals surface area contributed by atoms with Crippen molar-refractivity contribution < 1.29 is 67.8 Å². The third-order valence-electron chi connectivity index (χ3n) is 18.9. The summed E-state index contributed by atoms with van der Waals surface area (Å²) in [4.78, 5) is 87.2. The van der Waals surface area contributed by atoms with Gasteiger partial charge in [0.05, 0.1) is 37.1 Å². The molecule has 2 rings (SSSR count). The number of nitrogens with one attached hydrogen (secondary N) is 5. The molecule has 0 saturated carbocycles. The number of benzene rings is 1. The second-order valence-electron chi connectivity index (χ2n) is 29.3. The van der Waals surface area contributed by atoms with Crippen LogP contribution >= 0.6 is 0 Å². The number of rotatable bonds is 66. The van der Waals surface area contributed by atoms with Gasteiger partial charge in [0.2, 0.25) is 5.91 Å². The zero-order valence-corrected chi connectivity index (χ0v) is 62.6. The Morgan fingerprint density at radius 3 is 1.39 bits per heavy atom. The summed E-state index contributed by atoms with van der Waals surface area (Å²) in [5.41, 5.74) is -0.672. The molecule has 1 aliphatic rings. The summed E-state index contributed by atoms with van der Waals surface area (Å²) < 4.78 is 25.9. The summed E-state index contributed by atoms with van der Waals surface area (Å²) in [5, 5.41) is 40.5. The summed E-state index contributed by atoms with van der Waals surface area (Å²) in [6.45, 7) is 16.1. The number of amides is 5. The molecule has 8 N–H and O–H groups in total. The standard InChI is InChI=1S/C78H140N6O14/c1-8-10-12-14-16-18-20-22-24-26-28-30-32-34-36-41-54-78(55-42-37-35-33-31-29-27-25-23-21-19-17-15-13-11-9-2)96-61-66(98-78)53-59-84(7)58-44-38-39-46-69(85)81-62-76(3,4)97-63-77(5,6)95-60-57-80-72(89)65-49-47-64(48-50-65)71(88)79-56-43-40-45-67(73(90)91)82-75(94)83-68(74(92)93)51-52-70(86)87/h47-50,66-68H,8-46,51-63H2,1-7H3,(H,79,88)(H,80,89)(H,81,85)(H,86,87)(H,90,91)(H,92,93)(H2,82,83,94). The fraction of sp³-hybridized carbons (Fsp3) is 0.833. The molecule has 0 radical (unpaired) electrons. The van der Waals surface area contributed by atoms with E-state index >= 15 is 0 Å². The Morgan fingerprint density at radius 2 is 0.939 bits per heavy atom. The van der Waals surface area contributed by atoms with Gasteiger partial charge in [-0.3, -0.25) is 19.2 Å².